The summed E-state index contributed by atoms with van der Waals surface area (Å²) in [5.41, 5.74) is 1.94. The van der Waals surface area contributed by atoms with Crippen molar-refractivity contribution in [1.82, 2.24) is 10.2 Å². The van der Waals surface area contributed by atoms with E-state index in [1.54, 1.807) is 11.9 Å². The molecule has 3 aromatic carbocycles. The van der Waals surface area contributed by atoms with Crippen LogP contribution in [0.25, 0.3) is 0 Å². The number of hydrogen-bond acceptors (Lipinski definition) is 3. The van der Waals surface area contributed by atoms with E-state index in [1.165, 1.54) is 0 Å². The number of nitrogens with one attached hydrogen (secondary N) is 1. The van der Waals surface area contributed by atoms with Crippen molar-refractivity contribution in [3.8, 4) is 5.75 Å². The van der Waals surface area contributed by atoms with Gasteiger partial charge in [0.25, 0.3) is 5.91 Å². The van der Waals surface area contributed by atoms with Gasteiger partial charge in [-0.15, -0.1) is 0 Å². The Morgan fingerprint density at radius 2 is 1.48 bits per heavy atom. The highest BCUT2D eigenvalue weighted by atomic mass is 127. The molecule has 3 aromatic rings. The lowest BCUT2D eigenvalue weighted by molar-refractivity contribution is -0.142. The SMILES string of the molecule is CNC(=O)[C@H](Cc1ccccc1)N(Cc1ccccc1)C(=O)COc1ccc(I)cc1. The molecule has 6 heteroatoms. The molecule has 31 heavy (non-hydrogen) atoms. The van der Waals surface area contributed by atoms with Gasteiger partial charge in [0.1, 0.15) is 11.8 Å². The molecule has 0 aliphatic carbocycles. The lowest BCUT2D eigenvalue weighted by Gasteiger charge is -2.31. The van der Waals surface area contributed by atoms with Gasteiger partial charge in [-0.1, -0.05) is 60.7 Å². The molecule has 5 nitrogen and oxygen atoms in total. The van der Waals surface area contributed by atoms with Gasteiger partial charge in [-0.2, -0.15) is 0 Å². The molecule has 0 heterocycles. The molecule has 1 atom stereocenters. The molecule has 0 aliphatic rings. The van der Waals surface area contributed by atoms with Crippen LogP contribution in [0.15, 0.2) is 84.9 Å². The molecule has 0 aromatic heterocycles. The van der Waals surface area contributed by atoms with Crippen molar-refractivity contribution in [2.24, 2.45) is 0 Å². The number of carbonyl (C=O) groups is 2. The lowest BCUT2D eigenvalue weighted by atomic mass is 10.0. The summed E-state index contributed by atoms with van der Waals surface area (Å²) in [7, 11) is 1.59. The summed E-state index contributed by atoms with van der Waals surface area (Å²) in [5, 5.41) is 2.71. The smallest absolute Gasteiger partial charge is 0.261 e. The third-order valence-electron chi connectivity index (χ3n) is 4.89. The summed E-state index contributed by atoms with van der Waals surface area (Å²) in [6, 6.07) is 26.2. The summed E-state index contributed by atoms with van der Waals surface area (Å²) in [6.07, 6.45) is 0.419. The Kier molecular flexibility index (Phi) is 8.46. The van der Waals surface area contributed by atoms with Gasteiger partial charge in [-0.3, -0.25) is 9.59 Å². The Balaban J connectivity index is 1.83. The number of ether oxygens (including phenoxy) is 1. The first-order valence-electron chi connectivity index (χ1n) is 10.0. The van der Waals surface area contributed by atoms with Crippen LogP contribution in [0, 0.1) is 3.57 Å². The van der Waals surface area contributed by atoms with Crippen LogP contribution < -0.4 is 10.1 Å². The van der Waals surface area contributed by atoms with E-state index < -0.39 is 6.04 Å². The predicted octanol–water partition coefficient (Wildman–Crippen LogP) is 4.06. The standard InChI is InChI=1S/C25H25IN2O3/c1-27-25(30)23(16-19-8-4-2-5-9-19)28(17-20-10-6-3-7-11-20)24(29)18-31-22-14-12-21(26)13-15-22/h2-15,23H,16-18H2,1H3,(H,27,30)/t23-/m0/s1. The third kappa shape index (κ3) is 6.82. The van der Waals surface area contributed by atoms with E-state index in [0.29, 0.717) is 18.7 Å². The summed E-state index contributed by atoms with van der Waals surface area (Å²) in [4.78, 5) is 27.7. The van der Waals surface area contributed by atoms with E-state index in [0.717, 1.165) is 14.7 Å². The van der Waals surface area contributed by atoms with E-state index in [-0.39, 0.29) is 18.4 Å². The molecule has 2 amide bonds. The van der Waals surface area contributed by atoms with Crippen LogP contribution >= 0.6 is 22.6 Å². The van der Waals surface area contributed by atoms with Crippen LogP contribution in [0.5, 0.6) is 5.75 Å². The molecule has 1 N–H and O–H groups in total. The van der Waals surface area contributed by atoms with E-state index in [2.05, 4.69) is 27.9 Å². The van der Waals surface area contributed by atoms with Crippen molar-refractivity contribution in [1.29, 1.82) is 0 Å². The van der Waals surface area contributed by atoms with E-state index in [9.17, 15) is 9.59 Å². The number of nitrogens with zero attached hydrogens (tertiary/aromatic N) is 1. The quantitative estimate of drug-likeness (QED) is 0.427. The molecular formula is C25H25IN2O3. The number of carbonyl (C=O) groups excluding carboxylic acids is 2. The van der Waals surface area contributed by atoms with Gasteiger partial charge in [0, 0.05) is 23.6 Å². The zero-order valence-corrected chi connectivity index (χ0v) is 19.5. The van der Waals surface area contributed by atoms with Crippen LogP contribution in [0.1, 0.15) is 11.1 Å². The molecule has 0 unspecified atom stereocenters. The Labute approximate surface area is 196 Å². The maximum absolute atomic E-state index is 13.3. The monoisotopic (exact) mass is 528 g/mol. The summed E-state index contributed by atoms with van der Waals surface area (Å²) in [6.45, 7) is 0.177. The molecule has 0 radical (unpaired) electrons. The van der Waals surface area contributed by atoms with Gasteiger partial charge >= 0.3 is 0 Å². The van der Waals surface area contributed by atoms with Gasteiger partial charge in [-0.25, -0.2) is 0 Å². The molecule has 3 rings (SSSR count). The number of rotatable bonds is 9. The highest BCUT2D eigenvalue weighted by Crippen LogP contribution is 2.17. The maximum atomic E-state index is 13.3. The van der Waals surface area contributed by atoms with Gasteiger partial charge in [0.15, 0.2) is 6.61 Å². The van der Waals surface area contributed by atoms with Gasteiger partial charge < -0.3 is 15.0 Å². The topological polar surface area (TPSA) is 58.6 Å². The first kappa shape index (κ1) is 22.8. The van der Waals surface area contributed by atoms with Gasteiger partial charge in [0.05, 0.1) is 0 Å². The Morgan fingerprint density at radius 3 is 2.06 bits per heavy atom. The average Bonchev–Trinajstić information content (AvgIpc) is 2.81. The average molecular weight is 528 g/mol. The van der Waals surface area contributed by atoms with Crippen molar-refractivity contribution in [2.75, 3.05) is 13.7 Å². The van der Waals surface area contributed by atoms with Crippen LogP contribution in [0.2, 0.25) is 0 Å². The van der Waals surface area contributed by atoms with Crippen LogP contribution in [-0.4, -0.2) is 36.4 Å². The summed E-state index contributed by atoms with van der Waals surface area (Å²) >= 11 is 2.22. The predicted molar refractivity (Wildman–Crippen MR) is 130 cm³/mol. The van der Waals surface area contributed by atoms with Crippen LogP contribution in [-0.2, 0) is 22.6 Å². The molecule has 0 aliphatic heterocycles. The van der Waals surface area contributed by atoms with Gasteiger partial charge in [-0.05, 0) is 58.0 Å². The Bertz CT molecular complexity index is 979. The molecule has 0 bridgehead atoms. The zero-order valence-electron chi connectivity index (χ0n) is 17.3. The normalized spacial score (nSPS) is 11.4. The van der Waals surface area contributed by atoms with Gasteiger partial charge in [0.2, 0.25) is 5.91 Å². The van der Waals surface area contributed by atoms with Crippen LogP contribution in [0.3, 0.4) is 0 Å². The Hall–Kier alpha value is -2.87. The lowest BCUT2D eigenvalue weighted by Crippen LogP contribution is -2.51. The summed E-state index contributed by atoms with van der Waals surface area (Å²) in [5.74, 6) is 0.169. The van der Waals surface area contributed by atoms with E-state index in [1.807, 2.05) is 84.9 Å². The molecule has 160 valence electrons. The highest BCUT2D eigenvalue weighted by molar-refractivity contribution is 14.1. The number of amides is 2. The van der Waals surface area contributed by atoms with Crippen molar-refractivity contribution >= 4 is 34.4 Å². The van der Waals surface area contributed by atoms with Crippen molar-refractivity contribution in [3.63, 3.8) is 0 Å². The fourth-order valence-corrected chi connectivity index (χ4v) is 3.62. The maximum Gasteiger partial charge on any atom is 0.261 e. The fraction of sp³-hybridized carbons (Fsp3) is 0.200. The zero-order chi connectivity index (χ0) is 22.1. The van der Waals surface area contributed by atoms with Crippen LogP contribution in [0.4, 0.5) is 0 Å². The molecule has 0 saturated heterocycles. The van der Waals surface area contributed by atoms with Crippen molar-refractivity contribution in [3.05, 3.63) is 99.6 Å². The largest absolute Gasteiger partial charge is 0.484 e. The third-order valence-corrected chi connectivity index (χ3v) is 5.61. The second-order valence-corrected chi connectivity index (χ2v) is 8.32. The summed E-state index contributed by atoms with van der Waals surface area (Å²) < 4.78 is 6.82. The number of hydrogen-bond donors (Lipinski definition) is 1. The number of likely N-dealkylation sites (N-methyl/N-ethyl adjacent to an activating group) is 1. The second kappa shape index (κ2) is 11.5. The first-order chi connectivity index (χ1) is 15.1. The fourth-order valence-electron chi connectivity index (χ4n) is 3.26. The van der Waals surface area contributed by atoms with E-state index >= 15 is 0 Å². The molecule has 0 fully saturated rings. The van der Waals surface area contributed by atoms with Crippen molar-refractivity contribution < 1.29 is 14.3 Å². The number of benzene rings is 3. The number of halogens is 1. The minimum Gasteiger partial charge on any atom is -0.484 e. The van der Waals surface area contributed by atoms with E-state index in [4.69, 9.17) is 4.74 Å². The highest BCUT2D eigenvalue weighted by Gasteiger charge is 2.30. The molecule has 0 saturated carbocycles. The molecular weight excluding hydrogens is 503 g/mol. The first-order valence-corrected chi connectivity index (χ1v) is 11.1. The van der Waals surface area contributed by atoms with Crippen molar-refractivity contribution in [2.45, 2.75) is 19.0 Å². The Morgan fingerprint density at radius 1 is 0.903 bits per heavy atom. The molecule has 0 spiro atoms. The minimum absolute atomic E-state index is 0.143. The minimum atomic E-state index is -0.652. The second-order valence-electron chi connectivity index (χ2n) is 7.07.